The van der Waals surface area contributed by atoms with Gasteiger partial charge in [-0.1, -0.05) is 17.7 Å². The van der Waals surface area contributed by atoms with Gasteiger partial charge < -0.3 is 9.47 Å². The maximum absolute atomic E-state index is 13.5. The van der Waals surface area contributed by atoms with E-state index in [2.05, 4.69) is 0 Å². The molecular formula is C20H23F4NO3. The zero-order chi connectivity index (χ0) is 20.7. The van der Waals surface area contributed by atoms with Gasteiger partial charge in [0.05, 0.1) is 30.9 Å². The molecule has 3 rings (SSSR count). The van der Waals surface area contributed by atoms with E-state index >= 15 is 0 Å². The molecule has 0 spiro atoms. The van der Waals surface area contributed by atoms with Gasteiger partial charge in [-0.15, -0.1) is 0 Å². The van der Waals surface area contributed by atoms with E-state index in [1.165, 1.54) is 6.07 Å². The van der Waals surface area contributed by atoms with E-state index in [0.717, 1.165) is 17.7 Å². The minimum absolute atomic E-state index is 0.240. The third-order valence-corrected chi connectivity index (χ3v) is 4.65. The number of fused-ring (bicyclic) bond motifs is 2. The fraction of sp³-hybridized carbons (Fsp3) is 0.550. The van der Waals surface area contributed by atoms with Crippen molar-refractivity contribution in [1.29, 1.82) is 0 Å². The van der Waals surface area contributed by atoms with Crippen LogP contribution in [-0.2, 0) is 22.1 Å². The average molecular weight is 401 g/mol. The normalized spacial score (nSPS) is 22.7. The fourth-order valence-electron chi connectivity index (χ4n) is 3.58. The Kier molecular flexibility index (Phi) is 5.44. The summed E-state index contributed by atoms with van der Waals surface area (Å²) in [6.07, 6.45) is -2.59. The first kappa shape index (κ1) is 20.6. The van der Waals surface area contributed by atoms with Crippen molar-refractivity contribution in [3.05, 3.63) is 46.8 Å². The van der Waals surface area contributed by atoms with Crippen LogP contribution in [0.15, 0.2) is 29.8 Å². The molecule has 4 nitrogen and oxygen atoms in total. The molecule has 1 aromatic rings. The Morgan fingerprint density at radius 1 is 1.25 bits per heavy atom. The molecule has 1 amide bonds. The number of hydrogen-bond acceptors (Lipinski definition) is 3. The molecule has 2 atom stereocenters. The number of alkyl halides is 3. The van der Waals surface area contributed by atoms with Gasteiger partial charge in [-0.3, -0.25) is 4.90 Å². The summed E-state index contributed by atoms with van der Waals surface area (Å²) in [5.41, 5.74) is -0.610. The molecule has 0 aliphatic carbocycles. The Morgan fingerprint density at radius 3 is 2.57 bits per heavy atom. The number of amides is 1. The van der Waals surface area contributed by atoms with E-state index in [0.29, 0.717) is 25.2 Å². The quantitative estimate of drug-likeness (QED) is 0.532. The zero-order valence-electron chi connectivity index (χ0n) is 16.0. The number of hydrogen-bond donors (Lipinski definition) is 0. The molecule has 2 unspecified atom stereocenters. The SMILES string of the molecule is CC(C)(C)OC(=O)N1C2C=C(Cc3ccc(F)c(C(F)(F)F)c3)CC1COC2. The summed E-state index contributed by atoms with van der Waals surface area (Å²) in [7, 11) is 0. The van der Waals surface area contributed by atoms with Gasteiger partial charge in [0.1, 0.15) is 11.4 Å². The van der Waals surface area contributed by atoms with Crippen molar-refractivity contribution in [2.75, 3.05) is 13.2 Å². The van der Waals surface area contributed by atoms with Crippen LogP contribution in [0.5, 0.6) is 0 Å². The van der Waals surface area contributed by atoms with Crippen LogP contribution < -0.4 is 0 Å². The minimum atomic E-state index is -4.74. The van der Waals surface area contributed by atoms with Crippen LogP contribution in [0.4, 0.5) is 22.4 Å². The van der Waals surface area contributed by atoms with Gasteiger partial charge in [0.2, 0.25) is 0 Å². The highest BCUT2D eigenvalue weighted by molar-refractivity contribution is 5.70. The molecule has 1 fully saturated rings. The third-order valence-electron chi connectivity index (χ3n) is 4.65. The molecule has 2 heterocycles. The first-order valence-electron chi connectivity index (χ1n) is 9.08. The Hall–Kier alpha value is -2.09. The second-order valence-corrected chi connectivity index (χ2v) is 8.16. The lowest BCUT2D eigenvalue weighted by Gasteiger charge is -2.44. The van der Waals surface area contributed by atoms with Gasteiger partial charge >= 0.3 is 12.3 Å². The highest BCUT2D eigenvalue weighted by Gasteiger charge is 2.40. The van der Waals surface area contributed by atoms with Crippen LogP contribution in [0.25, 0.3) is 0 Å². The summed E-state index contributed by atoms with van der Waals surface area (Å²) >= 11 is 0. The van der Waals surface area contributed by atoms with Crippen LogP contribution in [-0.4, -0.2) is 41.9 Å². The van der Waals surface area contributed by atoms with E-state index in [1.807, 2.05) is 6.08 Å². The topological polar surface area (TPSA) is 38.8 Å². The number of carbonyl (C=O) groups excluding carboxylic acids is 1. The Labute approximate surface area is 161 Å². The largest absolute Gasteiger partial charge is 0.444 e. The fourth-order valence-corrected chi connectivity index (χ4v) is 3.58. The van der Waals surface area contributed by atoms with Gasteiger partial charge in [0, 0.05) is 0 Å². The number of morpholine rings is 1. The molecule has 2 aliphatic rings. The second-order valence-electron chi connectivity index (χ2n) is 8.16. The predicted molar refractivity (Wildman–Crippen MR) is 94.3 cm³/mol. The number of halogens is 4. The lowest BCUT2D eigenvalue weighted by Crippen LogP contribution is -2.57. The predicted octanol–water partition coefficient (Wildman–Crippen LogP) is 4.72. The molecule has 1 aromatic carbocycles. The number of ether oxygens (including phenoxy) is 2. The summed E-state index contributed by atoms with van der Waals surface area (Å²) in [6, 6.07) is 2.48. The van der Waals surface area contributed by atoms with Crippen molar-refractivity contribution in [2.24, 2.45) is 0 Å². The van der Waals surface area contributed by atoms with Gasteiger partial charge in [0.15, 0.2) is 0 Å². The molecule has 2 bridgehead atoms. The number of carbonyl (C=O) groups is 1. The lowest BCUT2D eigenvalue weighted by molar-refractivity contribution is -0.140. The summed E-state index contributed by atoms with van der Waals surface area (Å²) in [5, 5.41) is 0. The summed E-state index contributed by atoms with van der Waals surface area (Å²) in [6.45, 7) is 6.00. The molecule has 2 aliphatic heterocycles. The van der Waals surface area contributed by atoms with Crippen molar-refractivity contribution in [1.82, 2.24) is 4.90 Å². The first-order chi connectivity index (χ1) is 12.9. The van der Waals surface area contributed by atoms with E-state index in [-0.39, 0.29) is 18.5 Å². The van der Waals surface area contributed by atoms with E-state index in [9.17, 15) is 22.4 Å². The molecule has 28 heavy (non-hydrogen) atoms. The third kappa shape index (κ3) is 4.66. The van der Waals surface area contributed by atoms with Gasteiger partial charge in [-0.25, -0.2) is 9.18 Å². The second kappa shape index (κ2) is 7.39. The highest BCUT2D eigenvalue weighted by atomic mass is 19.4. The van der Waals surface area contributed by atoms with Gasteiger partial charge in [0.25, 0.3) is 0 Å². The first-order valence-corrected chi connectivity index (χ1v) is 9.08. The van der Waals surface area contributed by atoms with Crippen molar-refractivity contribution in [3.8, 4) is 0 Å². The number of rotatable bonds is 2. The van der Waals surface area contributed by atoms with Crippen molar-refractivity contribution >= 4 is 6.09 Å². The Morgan fingerprint density at radius 2 is 1.96 bits per heavy atom. The molecule has 0 N–H and O–H groups in total. The maximum Gasteiger partial charge on any atom is 0.419 e. The molecule has 0 radical (unpaired) electrons. The van der Waals surface area contributed by atoms with Gasteiger partial charge in [-0.05, 0) is 51.3 Å². The average Bonchev–Trinajstić information content (AvgIpc) is 2.53. The summed E-state index contributed by atoms with van der Waals surface area (Å²) in [4.78, 5) is 14.2. The van der Waals surface area contributed by atoms with E-state index < -0.39 is 29.3 Å². The Bertz CT molecular complexity index is 783. The summed E-state index contributed by atoms with van der Waals surface area (Å²) < 4.78 is 63.3. The lowest BCUT2D eigenvalue weighted by atomic mass is 9.90. The molecule has 1 saturated heterocycles. The van der Waals surface area contributed by atoms with E-state index in [4.69, 9.17) is 9.47 Å². The standard InChI is InChI=1S/C20H23F4NO3/c1-19(2,3)28-18(26)25-14-7-13(8-15(25)11-27-10-14)6-12-4-5-17(21)16(9-12)20(22,23)24/h4-5,7,9,14-15H,6,8,10-11H2,1-3H3. The van der Waals surface area contributed by atoms with Crippen LogP contribution in [0.1, 0.15) is 38.3 Å². The van der Waals surface area contributed by atoms with E-state index in [1.54, 1.807) is 25.7 Å². The van der Waals surface area contributed by atoms with Crippen molar-refractivity contribution in [2.45, 2.75) is 57.5 Å². The molecule has 0 saturated carbocycles. The van der Waals surface area contributed by atoms with Crippen LogP contribution in [0, 0.1) is 5.82 Å². The molecule has 8 heteroatoms. The minimum Gasteiger partial charge on any atom is -0.444 e. The highest BCUT2D eigenvalue weighted by Crippen LogP contribution is 2.34. The van der Waals surface area contributed by atoms with Crippen LogP contribution in [0.2, 0.25) is 0 Å². The van der Waals surface area contributed by atoms with Gasteiger partial charge in [-0.2, -0.15) is 13.2 Å². The zero-order valence-corrected chi connectivity index (χ0v) is 16.0. The van der Waals surface area contributed by atoms with Crippen molar-refractivity contribution in [3.63, 3.8) is 0 Å². The summed E-state index contributed by atoms with van der Waals surface area (Å²) in [5.74, 6) is -1.28. The smallest absolute Gasteiger partial charge is 0.419 e. The Balaban J connectivity index is 1.80. The monoisotopic (exact) mass is 401 g/mol. The maximum atomic E-state index is 13.5. The molecular weight excluding hydrogens is 378 g/mol. The van der Waals surface area contributed by atoms with Crippen molar-refractivity contribution < 1.29 is 31.8 Å². The number of benzene rings is 1. The van der Waals surface area contributed by atoms with Crippen LogP contribution >= 0.6 is 0 Å². The molecule has 154 valence electrons. The molecule has 0 aromatic heterocycles. The number of nitrogens with zero attached hydrogens (tertiary/aromatic N) is 1. The van der Waals surface area contributed by atoms with Crippen LogP contribution in [0.3, 0.4) is 0 Å².